The number of rotatable bonds is 9. The van der Waals surface area contributed by atoms with Crippen molar-refractivity contribution in [3.8, 4) is 0 Å². The van der Waals surface area contributed by atoms with Gasteiger partial charge in [0.1, 0.15) is 0 Å². The SMILES string of the molecule is CCNC(=NCc1cccc(NC(=O)CCN2CCOCC2)c1)NCc1ccc(C)s1. The van der Waals surface area contributed by atoms with E-state index in [2.05, 4.69) is 46.8 Å². The highest BCUT2D eigenvalue weighted by atomic mass is 32.1. The van der Waals surface area contributed by atoms with E-state index in [1.165, 1.54) is 9.75 Å². The average molecular weight is 444 g/mol. The standard InChI is InChI=1S/C23H33N5O2S/c1-3-24-23(26-17-21-8-7-18(2)31-21)25-16-19-5-4-6-20(15-19)27-22(29)9-10-28-11-13-30-14-12-28/h4-8,15H,3,9-14,16-17H2,1-2H3,(H,27,29)(H2,24,25,26). The molecule has 0 aliphatic carbocycles. The highest BCUT2D eigenvalue weighted by Crippen LogP contribution is 2.15. The molecule has 1 saturated heterocycles. The van der Waals surface area contributed by atoms with E-state index >= 15 is 0 Å². The van der Waals surface area contributed by atoms with Gasteiger partial charge in [0.2, 0.25) is 5.91 Å². The van der Waals surface area contributed by atoms with Crippen LogP contribution in [0.4, 0.5) is 5.69 Å². The Morgan fingerprint density at radius 2 is 2.03 bits per heavy atom. The van der Waals surface area contributed by atoms with Crippen LogP contribution < -0.4 is 16.0 Å². The third-order valence-electron chi connectivity index (χ3n) is 4.96. The largest absolute Gasteiger partial charge is 0.379 e. The molecule has 0 atom stereocenters. The van der Waals surface area contributed by atoms with Crippen molar-refractivity contribution in [1.29, 1.82) is 0 Å². The first-order valence-corrected chi connectivity index (χ1v) is 11.7. The number of carbonyl (C=O) groups is 1. The lowest BCUT2D eigenvalue weighted by Gasteiger charge is -2.26. The number of benzene rings is 1. The Labute approximate surface area is 188 Å². The predicted molar refractivity (Wildman–Crippen MR) is 128 cm³/mol. The van der Waals surface area contributed by atoms with Gasteiger partial charge in [0.05, 0.1) is 26.3 Å². The summed E-state index contributed by atoms with van der Waals surface area (Å²) in [6.07, 6.45) is 0.485. The van der Waals surface area contributed by atoms with Crippen LogP contribution in [0.1, 0.15) is 28.7 Å². The lowest BCUT2D eigenvalue weighted by molar-refractivity contribution is -0.116. The van der Waals surface area contributed by atoms with Gasteiger partial charge in [-0.15, -0.1) is 11.3 Å². The third-order valence-corrected chi connectivity index (χ3v) is 5.96. The second-order valence-electron chi connectivity index (χ2n) is 7.51. The molecule has 0 bridgehead atoms. The van der Waals surface area contributed by atoms with Crippen molar-refractivity contribution in [3.63, 3.8) is 0 Å². The number of hydrogen-bond donors (Lipinski definition) is 3. The van der Waals surface area contributed by atoms with Crippen molar-refractivity contribution in [2.75, 3.05) is 44.7 Å². The molecule has 1 aliphatic heterocycles. The van der Waals surface area contributed by atoms with Crippen LogP contribution >= 0.6 is 11.3 Å². The van der Waals surface area contributed by atoms with Crippen LogP contribution in [0.5, 0.6) is 0 Å². The third kappa shape index (κ3) is 8.32. The Hall–Kier alpha value is -2.42. The molecule has 8 heteroatoms. The summed E-state index contributed by atoms with van der Waals surface area (Å²) in [5.41, 5.74) is 1.86. The number of anilines is 1. The number of aliphatic imine (C=N–C) groups is 1. The summed E-state index contributed by atoms with van der Waals surface area (Å²) in [4.78, 5) is 21.9. The molecule has 168 valence electrons. The molecule has 2 aromatic rings. The van der Waals surface area contributed by atoms with Crippen LogP contribution in [0, 0.1) is 6.92 Å². The zero-order valence-corrected chi connectivity index (χ0v) is 19.3. The first-order chi connectivity index (χ1) is 15.1. The average Bonchev–Trinajstić information content (AvgIpc) is 3.20. The van der Waals surface area contributed by atoms with E-state index < -0.39 is 0 Å². The van der Waals surface area contributed by atoms with Crippen LogP contribution in [0.25, 0.3) is 0 Å². The van der Waals surface area contributed by atoms with Crippen LogP contribution in [0.15, 0.2) is 41.4 Å². The zero-order chi connectivity index (χ0) is 21.9. The molecule has 1 aromatic carbocycles. The number of guanidine groups is 1. The van der Waals surface area contributed by atoms with Gasteiger partial charge in [-0.1, -0.05) is 12.1 Å². The number of aryl methyl sites for hydroxylation is 1. The van der Waals surface area contributed by atoms with Crippen molar-refractivity contribution in [2.24, 2.45) is 4.99 Å². The molecule has 1 aliphatic rings. The molecule has 0 spiro atoms. The normalized spacial score (nSPS) is 15.0. The number of morpholine rings is 1. The van der Waals surface area contributed by atoms with Crippen molar-refractivity contribution in [1.82, 2.24) is 15.5 Å². The zero-order valence-electron chi connectivity index (χ0n) is 18.4. The van der Waals surface area contributed by atoms with E-state index in [9.17, 15) is 4.79 Å². The molecule has 1 fully saturated rings. The quantitative estimate of drug-likeness (QED) is 0.410. The highest BCUT2D eigenvalue weighted by molar-refractivity contribution is 7.11. The minimum atomic E-state index is 0.0355. The van der Waals surface area contributed by atoms with E-state index in [0.29, 0.717) is 13.0 Å². The lowest BCUT2D eigenvalue weighted by atomic mass is 10.2. The van der Waals surface area contributed by atoms with Crippen molar-refractivity contribution >= 4 is 28.9 Å². The predicted octanol–water partition coefficient (Wildman–Crippen LogP) is 2.97. The van der Waals surface area contributed by atoms with E-state index in [1.807, 2.05) is 24.3 Å². The summed E-state index contributed by atoms with van der Waals surface area (Å²) in [5, 5.41) is 9.67. The van der Waals surface area contributed by atoms with Gasteiger partial charge in [-0.05, 0) is 43.7 Å². The number of ether oxygens (including phenoxy) is 1. The number of hydrogen-bond acceptors (Lipinski definition) is 5. The van der Waals surface area contributed by atoms with Crippen molar-refractivity contribution < 1.29 is 9.53 Å². The fourth-order valence-corrected chi connectivity index (χ4v) is 4.15. The molecule has 7 nitrogen and oxygen atoms in total. The maximum Gasteiger partial charge on any atom is 0.225 e. The molecule has 1 aromatic heterocycles. The van der Waals surface area contributed by atoms with E-state index in [4.69, 9.17) is 9.73 Å². The second kappa shape index (κ2) is 12.4. The van der Waals surface area contributed by atoms with Gasteiger partial charge in [0.15, 0.2) is 5.96 Å². The number of carbonyl (C=O) groups excluding carboxylic acids is 1. The minimum Gasteiger partial charge on any atom is -0.379 e. The summed E-state index contributed by atoms with van der Waals surface area (Å²) in [7, 11) is 0. The summed E-state index contributed by atoms with van der Waals surface area (Å²) in [6.45, 7) is 10.3. The van der Waals surface area contributed by atoms with Crippen LogP contribution in [-0.4, -0.2) is 56.2 Å². The Morgan fingerprint density at radius 1 is 1.19 bits per heavy atom. The van der Waals surface area contributed by atoms with E-state index in [1.54, 1.807) is 11.3 Å². The molecule has 1 amide bonds. The monoisotopic (exact) mass is 443 g/mol. The van der Waals surface area contributed by atoms with Crippen LogP contribution in [-0.2, 0) is 22.6 Å². The maximum absolute atomic E-state index is 12.3. The number of thiophene rings is 1. The van der Waals surface area contributed by atoms with Crippen molar-refractivity contribution in [2.45, 2.75) is 33.4 Å². The second-order valence-corrected chi connectivity index (χ2v) is 8.89. The van der Waals surface area contributed by atoms with Gasteiger partial charge in [-0.25, -0.2) is 4.99 Å². The first kappa shape index (κ1) is 23.2. The molecule has 2 heterocycles. The lowest BCUT2D eigenvalue weighted by Crippen LogP contribution is -2.38. The molecular formula is C23H33N5O2S. The van der Waals surface area contributed by atoms with Gasteiger partial charge in [0, 0.05) is 48.0 Å². The summed E-state index contributed by atoms with van der Waals surface area (Å²) < 4.78 is 5.35. The minimum absolute atomic E-state index is 0.0355. The van der Waals surface area contributed by atoms with Gasteiger partial charge < -0.3 is 20.7 Å². The fourth-order valence-electron chi connectivity index (χ4n) is 3.32. The van der Waals surface area contributed by atoms with E-state index in [-0.39, 0.29) is 5.91 Å². The number of amides is 1. The molecule has 0 saturated carbocycles. The van der Waals surface area contributed by atoms with Gasteiger partial charge in [-0.2, -0.15) is 0 Å². The Morgan fingerprint density at radius 3 is 2.77 bits per heavy atom. The van der Waals surface area contributed by atoms with Gasteiger partial charge in [-0.3, -0.25) is 9.69 Å². The Balaban J connectivity index is 1.49. The molecule has 0 unspecified atom stereocenters. The molecular weight excluding hydrogens is 410 g/mol. The molecule has 31 heavy (non-hydrogen) atoms. The Bertz CT molecular complexity index is 861. The van der Waals surface area contributed by atoms with Gasteiger partial charge in [0.25, 0.3) is 0 Å². The molecule has 0 radical (unpaired) electrons. The topological polar surface area (TPSA) is 78.0 Å². The van der Waals surface area contributed by atoms with Crippen molar-refractivity contribution in [3.05, 3.63) is 51.7 Å². The fraction of sp³-hybridized carbons (Fsp3) is 0.478. The number of nitrogens with one attached hydrogen (secondary N) is 3. The Kier molecular flexibility index (Phi) is 9.33. The maximum atomic E-state index is 12.3. The summed E-state index contributed by atoms with van der Waals surface area (Å²) >= 11 is 1.79. The summed E-state index contributed by atoms with van der Waals surface area (Å²) in [6, 6.07) is 12.2. The van der Waals surface area contributed by atoms with Gasteiger partial charge >= 0.3 is 0 Å². The first-order valence-electron chi connectivity index (χ1n) is 10.9. The molecule has 3 N–H and O–H groups in total. The van der Waals surface area contributed by atoms with Crippen LogP contribution in [0.2, 0.25) is 0 Å². The summed E-state index contributed by atoms with van der Waals surface area (Å²) in [5.74, 6) is 0.821. The smallest absolute Gasteiger partial charge is 0.225 e. The number of nitrogens with zero attached hydrogens (tertiary/aromatic N) is 2. The highest BCUT2D eigenvalue weighted by Gasteiger charge is 2.12. The van der Waals surface area contributed by atoms with E-state index in [0.717, 1.165) is 63.1 Å². The van der Waals surface area contributed by atoms with Crippen LogP contribution in [0.3, 0.4) is 0 Å². The molecule has 3 rings (SSSR count).